The maximum absolute atomic E-state index is 13.7. The zero-order valence-corrected chi connectivity index (χ0v) is 20.6. The lowest BCUT2D eigenvalue weighted by atomic mass is 10.2. The molecule has 0 saturated carbocycles. The Kier molecular flexibility index (Phi) is 6.50. The Labute approximate surface area is 205 Å². The van der Waals surface area contributed by atoms with Gasteiger partial charge in [-0.05, 0) is 51.4 Å². The van der Waals surface area contributed by atoms with E-state index in [-0.39, 0.29) is 29.4 Å². The van der Waals surface area contributed by atoms with Crippen LogP contribution in [0.15, 0.2) is 46.0 Å². The Balaban J connectivity index is 1.92. The van der Waals surface area contributed by atoms with Crippen LogP contribution in [0.25, 0.3) is 21.9 Å². The third-order valence-corrected chi connectivity index (χ3v) is 5.46. The van der Waals surface area contributed by atoms with Crippen LogP contribution in [-0.2, 0) is 29.2 Å². The van der Waals surface area contributed by atoms with E-state index in [1.54, 1.807) is 33.8 Å². The van der Waals surface area contributed by atoms with Gasteiger partial charge in [0.15, 0.2) is 5.52 Å². The van der Waals surface area contributed by atoms with Gasteiger partial charge >= 0.3 is 5.97 Å². The van der Waals surface area contributed by atoms with Crippen LogP contribution in [0.4, 0.5) is 0 Å². The number of rotatable bonds is 5. The van der Waals surface area contributed by atoms with Crippen molar-refractivity contribution in [2.75, 3.05) is 0 Å². The molecule has 0 aliphatic heterocycles. The van der Waals surface area contributed by atoms with Crippen molar-refractivity contribution in [1.29, 1.82) is 0 Å². The Morgan fingerprint density at radius 1 is 1.06 bits per heavy atom. The fourth-order valence-corrected chi connectivity index (χ4v) is 3.95. The fourth-order valence-electron chi connectivity index (χ4n) is 3.72. The number of benzene rings is 1. The second-order valence-electron chi connectivity index (χ2n) is 8.90. The van der Waals surface area contributed by atoms with Crippen molar-refractivity contribution in [2.24, 2.45) is 0 Å². The predicted molar refractivity (Wildman–Crippen MR) is 133 cm³/mol. The first-order valence-corrected chi connectivity index (χ1v) is 11.3. The number of carbonyl (C=O) groups excluding carboxylic acids is 1. The molecule has 0 aliphatic rings. The quantitative estimate of drug-likeness (QED) is 0.313. The van der Waals surface area contributed by atoms with Crippen LogP contribution in [-0.4, -0.2) is 35.5 Å². The standard InChI is InChI=1S/C25H24ClN5O4/c1-5-6-13-29-21-20(28-24(29)26)22(33)31(15-19(32)35-25(2,3)4)30(23(21)34)14-17-12-11-16-9-7-8-10-18(16)27-17/h7-12H,13-15H2,1-4H3. The van der Waals surface area contributed by atoms with E-state index in [2.05, 4.69) is 21.8 Å². The van der Waals surface area contributed by atoms with E-state index in [0.29, 0.717) is 5.69 Å². The molecule has 0 fully saturated rings. The molecule has 9 nitrogen and oxygen atoms in total. The molecule has 4 aromatic rings. The summed E-state index contributed by atoms with van der Waals surface area (Å²) in [7, 11) is 0. The largest absolute Gasteiger partial charge is 0.459 e. The molecule has 0 saturated heterocycles. The average Bonchev–Trinajstić information content (AvgIpc) is 3.13. The van der Waals surface area contributed by atoms with Gasteiger partial charge in [0.1, 0.15) is 17.7 Å². The van der Waals surface area contributed by atoms with Gasteiger partial charge < -0.3 is 4.74 Å². The van der Waals surface area contributed by atoms with Gasteiger partial charge in [0.25, 0.3) is 11.1 Å². The number of hydrogen-bond donors (Lipinski definition) is 0. The normalized spacial score (nSPS) is 11.5. The molecule has 35 heavy (non-hydrogen) atoms. The Bertz CT molecular complexity index is 1630. The Hall–Kier alpha value is -3.90. The number of esters is 1. The van der Waals surface area contributed by atoms with Gasteiger partial charge in [0.2, 0.25) is 5.28 Å². The van der Waals surface area contributed by atoms with Gasteiger partial charge in [-0.15, -0.1) is 5.92 Å². The summed E-state index contributed by atoms with van der Waals surface area (Å²) in [4.78, 5) is 48.5. The zero-order chi connectivity index (χ0) is 25.3. The number of hydrogen-bond acceptors (Lipinski definition) is 6. The molecule has 0 N–H and O–H groups in total. The second-order valence-corrected chi connectivity index (χ2v) is 9.24. The number of imidazole rings is 1. The van der Waals surface area contributed by atoms with Gasteiger partial charge in [0, 0.05) is 5.39 Å². The molecule has 1 aromatic carbocycles. The Morgan fingerprint density at radius 2 is 1.80 bits per heavy atom. The fraction of sp³-hybridized carbons (Fsp3) is 0.320. The first-order chi connectivity index (χ1) is 16.6. The summed E-state index contributed by atoms with van der Waals surface area (Å²) in [5, 5.41) is 0.899. The lowest BCUT2D eigenvalue weighted by molar-refractivity contribution is -0.156. The third kappa shape index (κ3) is 4.98. The monoisotopic (exact) mass is 493 g/mol. The summed E-state index contributed by atoms with van der Waals surface area (Å²) in [6.07, 6.45) is 0. The molecule has 0 atom stereocenters. The van der Waals surface area contributed by atoms with E-state index in [1.807, 2.05) is 30.3 Å². The minimum atomic E-state index is -0.764. The number of fused-ring (bicyclic) bond motifs is 2. The molecule has 0 amide bonds. The van der Waals surface area contributed by atoms with E-state index >= 15 is 0 Å². The van der Waals surface area contributed by atoms with E-state index in [9.17, 15) is 14.4 Å². The van der Waals surface area contributed by atoms with E-state index in [0.717, 1.165) is 15.6 Å². The minimum absolute atomic E-state index is 0.0176. The van der Waals surface area contributed by atoms with Gasteiger partial charge in [-0.2, -0.15) is 0 Å². The first kappa shape index (κ1) is 24.2. The summed E-state index contributed by atoms with van der Waals surface area (Å²) < 4.78 is 9.00. The predicted octanol–water partition coefficient (Wildman–Crippen LogP) is 2.97. The van der Waals surface area contributed by atoms with E-state index < -0.39 is 29.2 Å². The van der Waals surface area contributed by atoms with Crippen molar-refractivity contribution in [1.82, 2.24) is 23.9 Å². The van der Waals surface area contributed by atoms with Gasteiger partial charge in [0.05, 0.1) is 24.3 Å². The molecule has 4 rings (SSSR count). The molecule has 180 valence electrons. The minimum Gasteiger partial charge on any atom is -0.459 e. The van der Waals surface area contributed by atoms with Crippen molar-refractivity contribution in [3.63, 3.8) is 0 Å². The summed E-state index contributed by atoms with van der Waals surface area (Å²) in [5.74, 6) is 4.91. The van der Waals surface area contributed by atoms with Crippen molar-refractivity contribution < 1.29 is 9.53 Å². The molecular formula is C25H24ClN5O4. The van der Waals surface area contributed by atoms with Crippen LogP contribution in [0.5, 0.6) is 0 Å². The van der Waals surface area contributed by atoms with Gasteiger partial charge in [-0.25, -0.2) is 14.3 Å². The van der Waals surface area contributed by atoms with E-state index in [1.165, 1.54) is 9.25 Å². The van der Waals surface area contributed by atoms with E-state index in [4.69, 9.17) is 16.3 Å². The smallest absolute Gasteiger partial charge is 0.328 e. The molecule has 0 aliphatic carbocycles. The maximum atomic E-state index is 13.7. The molecule has 0 unspecified atom stereocenters. The highest BCUT2D eigenvalue weighted by Crippen LogP contribution is 2.16. The number of carbonyl (C=O) groups is 1. The van der Waals surface area contributed by atoms with Crippen LogP contribution in [0.1, 0.15) is 33.4 Å². The first-order valence-electron chi connectivity index (χ1n) is 10.9. The summed E-state index contributed by atoms with van der Waals surface area (Å²) in [6.45, 7) is 6.38. The van der Waals surface area contributed by atoms with Crippen LogP contribution < -0.4 is 11.1 Å². The lowest BCUT2D eigenvalue weighted by Crippen LogP contribution is -2.42. The molecule has 0 bridgehead atoms. The summed E-state index contributed by atoms with van der Waals surface area (Å²) in [5.41, 5.74) is -0.793. The summed E-state index contributed by atoms with van der Waals surface area (Å²) >= 11 is 6.25. The highest BCUT2D eigenvalue weighted by molar-refractivity contribution is 6.29. The van der Waals surface area contributed by atoms with Crippen LogP contribution in [0.2, 0.25) is 5.28 Å². The lowest BCUT2D eigenvalue weighted by Gasteiger charge is -2.21. The topological polar surface area (TPSA) is 101 Å². The van der Waals surface area contributed by atoms with Gasteiger partial charge in [-0.1, -0.05) is 30.2 Å². The zero-order valence-electron chi connectivity index (χ0n) is 19.8. The number of ether oxygens (including phenoxy) is 1. The number of pyridine rings is 1. The number of nitrogens with zero attached hydrogens (tertiary/aromatic N) is 5. The number of aromatic nitrogens is 5. The van der Waals surface area contributed by atoms with Crippen molar-refractivity contribution in [3.05, 3.63) is 68.1 Å². The van der Waals surface area contributed by atoms with Crippen molar-refractivity contribution in [2.45, 2.75) is 52.9 Å². The number of halogens is 1. The van der Waals surface area contributed by atoms with Gasteiger partial charge in [-0.3, -0.25) is 23.9 Å². The molecule has 10 heteroatoms. The molecular weight excluding hydrogens is 470 g/mol. The van der Waals surface area contributed by atoms with Crippen LogP contribution in [0, 0.1) is 11.8 Å². The van der Waals surface area contributed by atoms with Crippen LogP contribution >= 0.6 is 11.6 Å². The maximum Gasteiger partial charge on any atom is 0.328 e. The average molecular weight is 494 g/mol. The Morgan fingerprint density at radius 3 is 2.51 bits per heavy atom. The molecule has 0 radical (unpaired) electrons. The molecule has 3 aromatic heterocycles. The highest BCUT2D eigenvalue weighted by atomic mass is 35.5. The van der Waals surface area contributed by atoms with Crippen molar-refractivity contribution in [3.8, 4) is 11.8 Å². The SMILES string of the molecule is CC#CCn1c(Cl)nc2c(=O)n(CC(=O)OC(C)(C)C)n(Cc3ccc4ccccc4n3)c(=O)c21. The third-order valence-electron chi connectivity index (χ3n) is 5.17. The molecule has 0 spiro atoms. The number of para-hydroxylation sites is 1. The van der Waals surface area contributed by atoms with Crippen LogP contribution in [0.3, 0.4) is 0 Å². The van der Waals surface area contributed by atoms with Crippen molar-refractivity contribution >= 4 is 39.5 Å². The molecule has 3 heterocycles. The second kappa shape index (κ2) is 9.39. The summed E-state index contributed by atoms with van der Waals surface area (Å²) in [6, 6.07) is 11.2. The highest BCUT2D eigenvalue weighted by Gasteiger charge is 2.24.